The number of pyridine rings is 1. The highest BCUT2D eigenvalue weighted by molar-refractivity contribution is 6.30. The highest BCUT2D eigenvalue weighted by Gasteiger charge is 2.11. The van der Waals surface area contributed by atoms with Crippen LogP contribution in [0.25, 0.3) is 5.65 Å². The summed E-state index contributed by atoms with van der Waals surface area (Å²) >= 11 is 5.92. The van der Waals surface area contributed by atoms with Crippen molar-refractivity contribution < 1.29 is 13.9 Å². The van der Waals surface area contributed by atoms with E-state index in [0.29, 0.717) is 27.8 Å². The van der Waals surface area contributed by atoms with E-state index in [4.69, 9.17) is 16.3 Å². The van der Waals surface area contributed by atoms with E-state index in [1.165, 1.54) is 34.9 Å². The molecule has 150 valence electrons. The molecule has 0 saturated heterocycles. The van der Waals surface area contributed by atoms with Crippen LogP contribution in [0.15, 0.2) is 77.7 Å². The van der Waals surface area contributed by atoms with Crippen molar-refractivity contribution in [3.05, 3.63) is 105 Å². The van der Waals surface area contributed by atoms with Crippen LogP contribution in [0.1, 0.15) is 16.1 Å². The fourth-order valence-electron chi connectivity index (χ4n) is 2.87. The third-order valence-corrected chi connectivity index (χ3v) is 4.50. The summed E-state index contributed by atoms with van der Waals surface area (Å²) in [6, 6.07) is 16.9. The molecule has 6 nitrogen and oxygen atoms in total. The van der Waals surface area contributed by atoms with E-state index in [1.54, 1.807) is 36.4 Å². The Bertz CT molecular complexity index is 1310. The number of aromatic nitrogens is 2. The average Bonchev–Trinajstić information content (AvgIpc) is 2.73. The van der Waals surface area contributed by atoms with Crippen molar-refractivity contribution in [2.24, 2.45) is 0 Å². The summed E-state index contributed by atoms with van der Waals surface area (Å²) in [5.41, 5.74) is 1.18. The molecule has 0 unspecified atom stereocenters. The number of carbonyl (C=O) groups excluding carboxylic acids is 1. The molecule has 2 heterocycles. The lowest BCUT2D eigenvalue weighted by Gasteiger charge is -2.12. The number of halogens is 2. The number of rotatable bonds is 5. The van der Waals surface area contributed by atoms with Crippen molar-refractivity contribution in [3.63, 3.8) is 0 Å². The van der Waals surface area contributed by atoms with Crippen LogP contribution in [0.5, 0.6) is 5.75 Å². The molecule has 0 aliphatic carbocycles. The molecule has 0 bridgehead atoms. The number of carbonyl (C=O) groups is 1. The second-order valence-corrected chi connectivity index (χ2v) is 6.85. The monoisotopic (exact) mass is 423 g/mol. The summed E-state index contributed by atoms with van der Waals surface area (Å²) in [5.74, 6) is -0.577. The van der Waals surface area contributed by atoms with Gasteiger partial charge in [-0.2, -0.15) is 0 Å². The van der Waals surface area contributed by atoms with Crippen LogP contribution >= 0.6 is 11.6 Å². The average molecular weight is 424 g/mol. The SMILES string of the molecule is O=C(Nc1ccccc1OCc1cc(=O)n2cc(Cl)ccc2n1)c1cccc(F)c1. The first kappa shape index (κ1) is 19.6. The van der Waals surface area contributed by atoms with Crippen LogP contribution < -0.4 is 15.6 Å². The zero-order valence-electron chi connectivity index (χ0n) is 15.5. The normalized spacial score (nSPS) is 10.7. The molecule has 0 spiro atoms. The van der Waals surface area contributed by atoms with Gasteiger partial charge in [-0.15, -0.1) is 0 Å². The van der Waals surface area contributed by atoms with Gasteiger partial charge < -0.3 is 10.1 Å². The maximum atomic E-state index is 13.4. The Morgan fingerprint density at radius 3 is 2.77 bits per heavy atom. The van der Waals surface area contributed by atoms with Gasteiger partial charge in [0.1, 0.15) is 23.8 Å². The molecule has 4 rings (SSSR count). The van der Waals surface area contributed by atoms with Crippen molar-refractivity contribution in [2.75, 3.05) is 5.32 Å². The van der Waals surface area contributed by atoms with Gasteiger partial charge in [0.25, 0.3) is 11.5 Å². The van der Waals surface area contributed by atoms with Crippen LogP contribution in [0.4, 0.5) is 10.1 Å². The number of nitrogens with zero attached hydrogens (tertiary/aromatic N) is 2. The molecule has 0 radical (unpaired) electrons. The summed E-state index contributed by atoms with van der Waals surface area (Å²) < 4.78 is 20.5. The lowest BCUT2D eigenvalue weighted by Crippen LogP contribution is -2.16. The maximum Gasteiger partial charge on any atom is 0.258 e. The van der Waals surface area contributed by atoms with E-state index in [1.807, 2.05) is 0 Å². The Hall–Kier alpha value is -3.71. The maximum absolute atomic E-state index is 13.4. The second kappa shape index (κ2) is 8.34. The van der Waals surface area contributed by atoms with Crippen molar-refractivity contribution in [1.82, 2.24) is 9.38 Å². The van der Waals surface area contributed by atoms with E-state index >= 15 is 0 Å². The number of amides is 1. The number of hydrogen-bond donors (Lipinski definition) is 1. The summed E-state index contributed by atoms with van der Waals surface area (Å²) in [4.78, 5) is 29.1. The van der Waals surface area contributed by atoms with Crippen molar-refractivity contribution >= 4 is 28.8 Å². The van der Waals surface area contributed by atoms with Crippen LogP contribution in [0.3, 0.4) is 0 Å². The quantitative estimate of drug-likeness (QED) is 0.519. The highest BCUT2D eigenvalue weighted by atomic mass is 35.5. The summed E-state index contributed by atoms with van der Waals surface area (Å²) in [5, 5.41) is 3.14. The van der Waals surface area contributed by atoms with Crippen LogP contribution in [0, 0.1) is 5.82 Å². The number of hydrogen-bond acceptors (Lipinski definition) is 4. The number of benzene rings is 2. The molecule has 4 aromatic rings. The van der Waals surface area contributed by atoms with E-state index in [9.17, 15) is 14.0 Å². The highest BCUT2D eigenvalue weighted by Crippen LogP contribution is 2.25. The zero-order valence-corrected chi connectivity index (χ0v) is 16.3. The molecular weight excluding hydrogens is 409 g/mol. The lowest BCUT2D eigenvalue weighted by atomic mass is 10.2. The predicted octanol–water partition coefficient (Wildman–Crippen LogP) is 4.32. The fourth-order valence-corrected chi connectivity index (χ4v) is 3.03. The van der Waals surface area contributed by atoms with Gasteiger partial charge in [0.15, 0.2) is 0 Å². The Morgan fingerprint density at radius 1 is 1.10 bits per heavy atom. The standard InChI is InChI=1S/C22H15ClFN3O3/c23-15-8-9-20-25-17(11-21(28)27(20)12-15)13-30-19-7-2-1-6-18(19)26-22(29)14-4-3-5-16(24)10-14/h1-12H,13H2,(H,26,29). The minimum absolute atomic E-state index is 0.0151. The molecule has 30 heavy (non-hydrogen) atoms. The van der Waals surface area contributed by atoms with Gasteiger partial charge >= 0.3 is 0 Å². The van der Waals surface area contributed by atoms with Crippen LogP contribution in [-0.2, 0) is 6.61 Å². The minimum Gasteiger partial charge on any atom is -0.485 e. The van der Waals surface area contributed by atoms with E-state index in [0.717, 1.165) is 6.07 Å². The predicted molar refractivity (Wildman–Crippen MR) is 112 cm³/mol. The third kappa shape index (κ3) is 4.31. The van der Waals surface area contributed by atoms with E-state index in [2.05, 4.69) is 10.3 Å². The summed E-state index contributed by atoms with van der Waals surface area (Å²) in [7, 11) is 0. The number of nitrogens with one attached hydrogen (secondary N) is 1. The van der Waals surface area contributed by atoms with Gasteiger partial charge in [0.2, 0.25) is 0 Å². The first-order chi connectivity index (χ1) is 14.5. The molecule has 2 aromatic carbocycles. The molecule has 1 N–H and O–H groups in total. The largest absolute Gasteiger partial charge is 0.485 e. The smallest absolute Gasteiger partial charge is 0.258 e. The van der Waals surface area contributed by atoms with E-state index in [-0.39, 0.29) is 17.7 Å². The Morgan fingerprint density at radius 2 is 1.93 bits per heavy atom. The van der Waals surface area contributed by atoms with Gasteiger partial charge in [-0.25, -0.2) is 9.37 Å². The summed E-state index contributed by atoms with van der Waals surface area (Å²) in [6.45, 7) is 0.0151. The molecule has 0 atom stereocenters. The minimum atomic E-state index is -0.498. The van der Waals surface area contributed by atoms with E-state index < -0.39 is 11.7 Å². The second-order valence-electron chi connectivity index (χ2n) is 6.41. The Labute approximate surface area is 175 Å². The van der Waals surface area contributed by atoms with Gasteiger partial charge in [-0.05, 0) is 42.5 Å². The molecule has 0 saturated carbocycles. The Kier molecular flexibility index (Phi) is 5.45. The zero-order chi connectivity index (χ0) is 21.1. The van der Waals surface area contributed by atoms with Crippen LogP contribution in [0.2, 0.25) is 5.02 Å². The molecular formula is C22H15ClFN3O3. The number of ether oxygens (including phenoxy) is 1. The lowest BCUT2D eigenvalue weighted by molar-refractivity contribution is 0.102. The number of fused-ring (bicyclic) bond motifs is 1. The number of anilines is 1. The molecule has 8 heteroatoms. The van der Waals surface area contributed by atoms with Crippen molar-refractivity contribution in [1.29, 1.82) is 0 Å². The van der Waals surface area contributed by atoms with Crippen molar-refractivity contribution in [2.45, 2.75) is 6.61 Å². The first-order valence-corrected chi connectivity index (χ1v) is 9.34. The van der Waals surface area contributed by atoms with Crippen molar-refractivity contribution in [3.8, 4) is 5.75 Å². The topological polar surface area (TPSA) is 72.7 Å². The molecule has 0 fully saturated rings. The van der Waals surface area contributed by atoms with Gasteiger partial charge in [-0.1, -0.05) is 29.8 Å². The Balaban J connectivity index is 1.53. The van der Waals surface area contributed by atoms with Gasteiger partial charge in [0, 0.05) is 17.8 Å². The molecule has 0 aliphatic heterocycles. The van der Waals surface area contributed by atoms with Gasteiger partial charge in [0.05, 0.1) is 16.4 Å². The molecule has 0 aliphatic rings. The fraction of sp³-hybridized carbons (Fsp3) is 0.0455. The molecule has 2 aromatic heterocycles. The molecule has 1 amide bonds. The number of para-hydroxylation sites is 2. The van der Waals surface area contributed by atoms with Crippen LogP contribution in [-0.4, -0.2) is 15.3 Å². The van der Waals surface area contributed by atoms with Gasteiger partial charge in [-0.3, -0.25) is 14.0 Å². The first-order valence-electron chi connectivity index (χ1n) is 8.96. The summed E-state index contributed by atoms with van der Waals surface area (Å²) in [6.07, 6.45) is 1.49. The third-order valence-electron chi connectivity index (χ3n) is 4.27.